The molecule has 0 aliphatic heterocycles. The van der Waals surface area contributed by atoms with Crippen LogP contribution in [0.3, 0.4) is 0 Å². The molecule has 0 saturated heterocycles. The van der Waals surface area contributed by atoms with E-state index in [1.54, 1.807) is 12.4 Å². The first-order valence-electron chi connectivity index (χ1n) is 2.40. The van der Waals surface area contributed by atoms with Crippen molar-refractivity contribution in [2.24, 2.45) is 4.99 Å². The van der Waals surface area contributed by atoms with Crippen LogP contribution in [0.15, 0.2) is 17.4 Å². The summed E-state index contributed by atoms with van der Waals surface area (Å²) >= 11 is 0. The molecule has 0 aromatic carbocycles. The van der Waals surface area contributed by atoms with Gasteiger partial charge in [-0.15, -0.1) is 0 Å². The Morgan fingerprint density at radius 1 is 1.75 bits per heavy atom. The maximum atomic E-state index is 3.49. The molecule has 0 saturated carbocycles. The lowest BCUT2D eigenvalue weighted by Gasteiger charge is -1.93. The first-order valence-corrected chi connectivity index (χ1v) is 2.40. The summed E-state index contributed by atoms with van der Waals surface area (Å²) in [7, 11) is 1.86. The Morgan fingerprint density at radius 2 is 2.50 bits per heavy atom. The van der Waals surface area contributed by atoms with Crippen molar-refractivity contribution in [3.63, 3.8) is 0 Å². The summed E-state index contributed by atoms with van der Waals surface area (Å²) in [6, 6.07) is 0. The minimum atomic E-state index is 0.756. The van der Waals surface area contributed by atoms with E-state index in [0.29, 0.717) is 0 Å². The van der Waals surface area contributed by atoms with Crippen LogP contribution in [0.2, 0.25) is 0 Å². The molecular formula is C5H11N3. The summed E-state index contributed by atoms with van der Waals surface area (Å²) in [5.74, 6) is 0. The number of nitrogens with zero attached hydrogens (tertiary/aromatic N) is 1. The van der Waals surface area contributed by atoms with E-state index in [1.807, 2.05) is 7.05 Å². The Labute approximate surface area is 49.5 Å². The van der Waals surface area contributed by atoms with Crippen molar-refractivity contribution < 1.29 is 0 Å². The van der Waals surface area contributed by atoms with Gasteiger partial charge in [0.2, 0.25) is 0 Å². The van der Waals surface area contributed by atoms with Gasteiger partial charge in [0.05, 0.1) is 6.67 Å². The van der Waals surface area contributed by atoms with Gasteiger partial charge in [-0.05, 0) is 13.8 Å². The van der Waals surface area contributed by atoms with Crippen molar-refractivity contribution in [3.05, 3.63) is 12.4 Å². The van der Waals surface area contributed by atoms with Gasteiger partial charge in [0.1, 0.15) is 0 Å². The van der Waals surface area contributed by atoms with E-state index >= 15 is 0 Å². The molecule has 0 atom stereocenters. The Bertz CT molecular complexity index is 77.7. The minimum absolute atomic E-state index is 0.756. The molecule has 0 aromatic heterocycles. The fourth-order valence-electron chi connectivity index (χ4n) is 0.266. The molecule has 0 unspecified atom stereocenters. The van der Waals surface area contributed by atoms with Crippen molar-refractivity contribution in [1.29, 1.82) is 0 Å². The lowest BCUT2D eigenvalue weighted by molar-refractivity contribution is 0.736. The van der Waals surface area contributed by atoms with Crippen LogP contribution in [0.5, 0.6) is 0 Å². The Kier molecular flexibility index (Phi) is 5.53. The van der Waals surface area contributed by atoms with Gasteiger partial charge in [0.25, 0.3) is 0 Å². The molecule has 8 heavy (non-hydrogen) atoms. The van der Waals surface area contributed by atoms with Gasteiger partial charge in [-0.25, -0.2) is 0 Å². The smallest absolute Gasteiger partial charge is 0.0646 e. The fraction of sp³-hybridized carbons (Fsp3) is 0.400. The molecule has 0 aliphatic rings. The second-order valence-electron chi connectivity index (χ2n) is 1.23. The minimum Gasteiger partial charge on any atom is -0.377 e. The standard InChI is InChI=1S/C5H11N3/c1-6-3-4-8-5-7-2/h3-4,7-8H,1,5H2,2H3/b4-3-. The highest BCUT2D eigenvalue weighted by Gasteiger charge is 1.66. The molecule has 0 aromatic rings. The van der Waals surface area contributed by atoms with Crippen LogP contribution in [0.25, 0.3) is 0 Å². The Balaban J connectivity index is 2.91. The molecule has 3 heteroatoms. The molecule has 0 aliphatic carbocycles. The van der Waals surface area contributed by atoms with Crippen molar-refractivity contribution in [1.82, 2.24) is 10.6 Å². The van der Waals surface area contributed by atoms with Gasteiger partial charge < -0.3 is 10.6 Å². The predicted octanol–water partition coefficient (Wildman–Crippen LogP) is -0.0753. The van der Waals surface area contributed by atoms with E-state index in [1.165, 1.54) is 0 Å². The lowest BCUT2D eigenvalue weighted by atomic mass is 10.8. The highest BCUT2D eigenvalue weighted by molar-refractivity contribution is 5.25. The quantitative estimate of drug-likeness (QED) is 0.304. The molecule has 0 radical (unpaired) electrons. The first-order chi connectivity index (χ1) is 3.91. The van der Waals surface area contributed by atoms with Crippen LogP contribution in [-0.2, 0) is 0 Å². The number of hydrogen-bond acceptors (Lipinski definition) is 3. The van der Waals surface area contributed by atoms with E-state index in [2.05, 4.69) is 22.3 Å². The second kappa shape index (κ2) is 6.17. The summed E-state index contributed by atoms with van der Waals surface area (Å²) in [5.41, 5.74) is 0. The third-order valence-corrected chi connectivity index (χ3v) is 0.577. The number of nitrogens with one attached hydrogen (secondary N) is 2. The third kappa shape index (κ3) is 5.17. The maximum Gasteiger partial charge on any atom is 0.0646 e. The van der Waals surface area contributed by atoms with Gasteiger partial charge in [0, 0.05) is 12.4 Å². The van der Waals surface area contributed by atoms with Gasteiger partial charge in [-0.1, -0.05) is 0 Å². The van der Waals surface area contributed by atoms with Crippen molar-refractivity contribution >= 4 is 6.72 Å². The normalized spacial score (nSPS) is 9.62. The van der Waals surface area contributed by atoms with Crippen LogP contribution in [0, 0.1) is 0 Å². The Hall–Kier alpha value is -0.830. The van der Waals surface area contributed by atoms with Gasteiger partial charge in [-0.3, -0.25) is 4.99 Å². The second-order valence-corrected chi connectivity index (χ2v) is 1.23. The monoisotopic (exact) mass is 113 g/mol. The van der Waals surface area contributed by atoms with Crippen LogP contribution >= 0.6 is 0 Å². The lowest BCUT2D eigenvalue weighted by Crippen LogP contribution is -2.20. The average molecular weight is 113 g/mol. The van der Waals surface area contributed by atoms with E-state index in [0.717, 1.165) is 6.67 Å². The largest absolute Gasteiger partial charge is 0.377 e. The molecule has 46 valence electrons. The van der Waals surface area contributed by atoms with E-state index in [-0.39, 0.29) is 0 Å². The highest BCUT2D eigenvalue weighted by Crippen LogP contribution is 1.62. The molecule has 0 bridgehead atoms. The van der Waals surface area contributed by atoms with Gasteiger partial charge >= 0.3 is 0 Å². The van der Waals surface area contributed by atoms with Crippen LogP contribution in [0.4, 0.5) is 0 Å². The van der Waals surface area contributed by atoms with E-state index < -0.39 is 0 Å². The van der Waals surface area contributed by atoms with Crippen molar-refractivity contribution in [2.75, 3.05) is 13.7 Å². The summed E-state index contributed by atoms with van der Waals surface area (Å²) in [6.45, 7) is 4.02. The molecule has 2 N–H and O–H groups in total. The molecular weight excluding hydrogens is 102 g/mol. The summed E-state index contributed by atoms with van der Waals surface area (Å²) in [4.78, 5) is 3.49. The predicted molar refractivity (Wildman–Crippen MR) is 35.8 cm³/mol. The Morgan fingerprint density at radius 3 is 3.00 bits per heavy atom. The molecule has 0 amide bonds. The van der Waals surface area contributed by atoms with Crippen LogP contribution < -0.4 is 10.6 Å². The summed E-state index contributed by atoms with van der Waals surface area (Å²) in [5, 5.41) is 5.81. The van der Waals surface area contributed by atoms with Crippen LogP contribution in [0.1, 0.15) is 0 Å². The summed E-state index contributed by atoms with van der Waals surface area (Å²) in [6.07, 6.45) is 3.32. The SMILES string of the molecule is C=N/C=C\NCNC. The third-order valence-electron chi connectivity index (χ3n) is 0.577. The molecule has 0 rings (SSSR count). The fourth-order valence-corrected chi connectivity index (χ4v) is 0.266. The van der Waals surface area contributed by atoms with Crippen molar-refractivity contribution in [2.45, 2.75) is 0 Å². The van der Waals surface area contributed by atoms with E-state index in [9.17, 15) is 0 Å². The van der Waals surface area contributed by atoms with Gasteiger partial charge in [0.15, 0.2) is 0 Å². The molecule has 3 nitrogen and oxygen atoms in total. The topological polar surface area (TPSA) is 36.4 Å². The summed E-state index contributed by atoms with van der Waals surface area (Å²) < 4.78 is 0. The zero-order chi connectivity index (χ0) is 6.24. The molecule has 0 heterocycles. The van der Waals surface area contributed by atoms with E-state index in [4.69, 9.17) is 0 Å². The van der Waals surface area contributed by atoms with Crippen molar-refractivity contribution in [3.8, 4) is 0 Å². The average Bonchev–Trinajstić information content (AvgIpc) is 1.81. The zero-order valence-corrected chi connectivity index (χ0v) is 5.02. The number of aliphatic imine (C=N–C) groups is 1. The number of rotatable bonds is 4. The van der Waals surface area contributed by atoms with Crippen LogP contribution in [-0.4, -0.2) is 20.4 Å². The first kappa shape index (κ1) is 7.17. The highest BCUT2D eigenvalue weighted by atomic mass is 15.0. The van der Waals surface area contributed by atoms with Gasteiger partial charge in [-0.2, -0.15) is 0 Å². The zero-order valence-electron chi connectivity index (χ0n) is 5.02. The number of hydrogen-bond donors (Lipinski definition) is 2. The molecule has 0 spiro atoms. The molecule has 0 fully saturated rings. The maximum absolute atomic E-state index is 3.49.